The van der Waals surface area contributed by atoms with Crippen molar-refractivity contribution in [2.24, 2.45) is 11.5 Å². The molecule has 0 aliphatic carbocycles. The molecule has 244 valence electrons. The Morgan fingerprint density at radius 3 is 2.29 bits per heavy atom. The molecule has 0 spiro atoms. The molecule has 48 heavy (non-hydrogen) atoms. The van der Waals surface area contributed by atoms with Gasteiger partial charge in [0.25, 0.3) is 5.91 Å². The lowest BCUT2D eigenvalue weighted by molar-refractivity contribution is -0.120. The quantitative estimate of drug-likeness (QED) is 0.152. The van der Waals surface area contributed by atoms with Crippen LogP contribution in [0.5, 0.6) is 5.75 Å². The van der Waals surface area contributed by atoms with Crippen LogP contribution >= 0.6 is 0 Å². The van der Waals surface area contributed by atoms with Crippen LogP contribution in [0.1, 0.15) is 50.8 Å². The molecule has 0 saturated carbocycles. The predicted octanol–water partition coefficient (Wildman–Crippen LogP) is 4.07. The molecule has 3 amide bonds. The van der Waals surface area contributed by atoms with Gasteiger partial charge in [-0.05, 0) is 33.9 Å². The Kier molecular flexibility index (Phi) is 9.92. The van der Waals surface area contributed by atoms with Gasteiger partial charge in [-0.1, -0.05) is 91.0 Å². The molecule has 5 aromatic rings. The predicted molar refractivity (Wildman–Crippen MR) is 183 cm³/mol. The number of primary amides is 2. The fourth-order valence-corrected chi connectivity index (χ4v) is 6.00. The van der Waals surface area contributed by atoms with E-state index >= 15 is 0 Å². The number of carbonyl (C=O) groups excluding carboxylic acids is 3. The van der Waals surface area contributed by atoms with Gasteiger partial charge in [0.15, 0.2) is 0 Å². The molecule has 10 nitrogen and oxygen atoms in total. The highest BCUT2D eigenvalue weighted by Crippen LogP contribution is 2.35. The summed E-state index contributed by atoms with van der Waals surface area (Å²) in [5.41, 5.74) is 18.3. The third-order valence-corrected chi connectivity index (χ3v) is 8.55. The third kappa shape index (κ3) is 7.79. The number of imidazole rings is 1. The maximum Gasteiger partial charge on any atom is 0.255 e. The van der Waals surface area contributed by atoms with Crippen molar-refractivity contribution in [2.75, 3.05) is 6.61 Å². The normalized spacial score (nSPS) is 14.4. The van der Waals surface area contributed by atoms with Crippen molar-refractivity contribution in [3.8, 4) is 16.9 Å². The average Bonchev–Trinajstić information content (AvgIpc) is 3.54. The Balaban J connectivity index is 1.10. The first kappa shape index (κ1) is 32.2. The summed E-state index contributed by atoms with van der Waals surface area (Å²) in [5, 5.41) is 6.43. The molecule has 0 fully saturated rings. The topological polar surface area (TPSA) is 154 Å². The lowest BCUT2D eigenvalue weighted by atomic mass is 9.96. The fraction of sp³-hybridized carbons (Fsp3) is 0.211. The molecule has 2 heterocycles. The molecule has 1 aliphatic heterocycles. The van der Waals surface area contributed by atoms with E-state index in [0.717, 1.165) is 28.8 Å². The van der Waals surface area contributed by atoms with Crippen molar-refractivity contribution < 1.29 is 19.1 Å². The van der Waals surface area contributed by atoms with Crippen molar-refractivity contribution in [3.63, 3.8) is 0 Å². The minimum absolute atomic E-state index is 0.0548. The summed E-state index contributed by atoms with van der Waals surface area (Å²) in [5.74, 6) is -1.04. The average molecular weight is 643 g/mol. The number of amides is 3. The summed E-state index contributed by atoms with van der Waals surface area (Å²) in [7, 11) is 0. The molecular weight excluding hydrogens is 604 g/mol. The van der Waals surface area contributed by atoms with Crippen LogP contribution in [0.4, 0.5) is 0 Å². The number of carbonyl (C=O) groups is 3. The van der Waals surface area contributed by atoms with Crippen LogP contribution in [0.15, 0.2) is 110 Å². The van der Waals surface area contributed by atoms with Crippen molar-refractivity contribution in [1.29, 1.82) is 0 Å². The maximum atomic E-state index is 13.5. The smallest absolute Gasteiger partial charge is 0.255 e. The lowest BCUT2D eigenvalue weighted by Gasteiger charge is -2.28. The zero-order chi connectivity index (χ0) is 33.5. The first-order chi connectivity index (χ1) is 23.3. The second-order valence-corrected chi connectivity index (χ2v) is 12.0. The number of fused-ring (bicyclic) bond motifs is 1. The molecule has 4 aromatic carbocycles. The number of benzene rings is 4. The molecule has 6 N–H and O–H groups in total. The van der Waals surface area contributed by atoms with Crippen molar-refractivity contribution >= 4 is 17.7 Å². The van der Waals surface area contributed by atoms with Crippen LogP contribution in [0, 0.1) is 0 Å². The number of para-hydroxylation sites is 1. The standard InChI is InChI=1S/C38H38N6O4/c39-35(45)20-26-11-9-25(10-12-26)19-34(37(40)46)43-38(47)32-8-4-7-31-33(17-18-48-36(31)32)42-22-30-21-41-24-44(30)23-27-13-15-29(16-14-27)28-5-2-1-3-6-28/h1-16,21,24,33-34,42H,17-20,22-23H2,(H2,39,45)(H2,40,46)(H,43,47). The number of nitrogens with one attached hydrogen (secondary N) is 2. The Labute approximate surface area is 279 Å². The first-order valence-electron chi connectivity index (χ1n) is 15.9. The van der Waals surface area contributed by atoms with Crippen molar-refractivity contribution in [3.05, 3.63) is 143 Å². The van der Waals surface area contributed by atoms with E-state index in [9.17, 15) is 14.4 Å². The minimum atomic E-state index is -0.942. The fourth-order valence-electron chi connectivity index (χ4n) is 6.00. The van der Waals surface area contributed by atoms with Crippen LogP contribution in [-0.2, 0) is 35.5 Å². The molecule has 0 bridgehead atoms. The SMILES string of the molecule is NC(=O)Cc1ccc(CC(NC(=O)c2cccc3c2OCCC3NCc2cncn2Cc2ccc(-c3ccccc3)cc2)C(N)=O)cc1. The number of hydrogen-bond donors (Lipinski definition) is 4. The zero-order valence-electron chi connectivity index (χ0n) is 26.5. The maximum absolute atomic E-state index is 13.5. The molecule has 1 aliphatic rings. The van der Waals surface area contributed by atoms with Crippen molar-refractivity contribution in [2.45, 2.75) is 44.4 Å². The van der Waals surface area contributed by atoms with Gasteiger partial charge in [0.1, 0.15) is 11.8 Å². The summed E-state index contributed by atoms with van der Waals surface area (Å²) in [6.45, 7) is 1.70. The Hall–Kier alpha value is -5.74. The minimum Gasteiger partial charge on any atom is -0.492 e. The van der Waals surface area contributed by atoms with Gasteiger partial charge < -0.3 is 31.4 Å². The van der Waals surface area contributed by atoms with Gasteiger partial charge in [0.2, 0.25) is 11.8 Å². The zero-order valence-corrected chi connectivity index (χ0v) is 26.5. The van der Waals surface area contributed by atoms with E-state index in [2.05, 4.69) is 56.6 Å². The van der Waals surface area contributed by atoms with Crippen LogP contribution in [-0.4, -0.2) is 39.9 Å². The number of ether oxygens (including phenoxy) is 1. The van der Waals surface area contributed by atoms with Gasteiger partial charge in [-0.25, -0.2) is 4.98 Å². The van der Waals surface area contributed by atoms with Gasteiger partial charge in [0, 0.05) is 43.7 Å². The lowest BCUT2D eigenvalue weighted by Crippen LogP contribution is -2.46. The summed E-state index contributed by atoms with van der Waals surface area (Å²) >= 11 is 0. The van der Waals surface area contributed by atoms with Crippen LogP contribution in [0.3, 0.4) is 0 Å². The van der Waals surface area contributed by atoms with E-state index in [4.69, 9.17) is 16.2 Å². The molecule has 0 radical (unpaired) electrons. The van der Waals surface area contributed by atoms with Gasteiger partial charge in [-0.2, -0.15) is 0 Å². The number of nitrogens with two attached hydrogens (primary N) is 2. The molecule has 10 heteroatoms. The van der Waals surface area contributed by atoms with Gasteiger partial charge in [-0.15, -0.1) is 0 Å². The molecule has 0 saturated heterocycles. The van der Waals surface area contributed by atoms with Crippen LogP contribution in [0.2, 0.25) is 0 Å². The second-order valence-electron chi connectivity index (χ2n) is 12.0. The Morgan fingerprint density at radius 1 is 0.854 bits per heavy atom. The number of hydrogen-bond acceptors (Lipinski definition) is 6. The number of rotatable bonds is 13. The molecule has 6 rings (SSSR count). The van der Waals surface area contributed by atoms with Crippen LogP contribution < -0.4 is 26.8 Å². The Morgan fingerprint density at radius 2 is 1.56 bits per heavy atom. The van der Waals surface area contributed by atoms with E-state index in [1.807, 2.05) is 42.9 Å². The van der Waals surface area contributed by atoms with Gasteiger partial charge >= 0.3 is 0 Å². The van der Waals surface area contributed by atoms with E-state index < -0.39 is 23.8 Å². The van der Waals surface area contributed by atoms with E-state index in [0.29, 0.717) is 31.0 Å². The van der Waals surface area contributed by atoms with Crippen LogP contribution in [0.25, 0.3) is 11.1 Å². The van der Waals surface area contributed by atoms with E-state index in [-0.39, 0.29) is 18.9 Å². The molecule has 2 unspecified atom stereocenters. The van der Waals surface area contributed by atoms with E-state index in [1.165, 1.54) is 16.7 Å². The largest absolute Gasteiger partial charge is 0.492 e. The van der Waals surface area contributed by atoms with Gasteiger partial charge in [0.05, 0.1) is 30.6 Å². The molecule has 1 aromatic heterocycles. The second kappa shape index (κ2) is 14.8. The van der Waals surface area contributed by atoms with Crippen molar-refractivity contribution in [1.82, 2.24) is 20.2 Å². The number of nitrogens with zero attached hydrogens (tertiary/aromatic N) is 2. The monoisotopic (exact) mass is 642 g/mol. The van der Waals surface area contributed by atoms with Gasteiger partial charge in [-0.3, -0.25) is 14.4 Å². The summed E-state index contributed by atoms with van der Waals surface area (Å²) in [4.78, 5) is 41.4. The highest BCUT2D eigenvalue weighted by atomic mass is 16.5. The highest BCUT2D eigenvalue weighted by Gasteiger charge is 2.28. The first-order valence-corrected chi connectivity index (χ1v) is 15.9. The summed E-state index contributed by atoms with van der Waals surface area (Å²) in [6, 6.07) is 30.5. The Bertz CT molecular complexity index is 1890. The number of aromatic nitrogens is 2. The molecular formula is C38H38N6O4. The highest BCUT2D eigenvalue weighted by molar-refractivity contribution is 6.00. The van der Waals surface area contributed by atoms with E-state index in [1.54, 1.807) is 30.3 Å². The summed E-state index contributed by atoms with van der Waals surface area (Å²) in [6.07, 6.45) is 4.75. The third-order valence-electron chi connectivity index (χ3n) is 8.55. The summed E-state index contributed by atoms with van der Waals surface area (Å²) < 4.78 is 8.15. The molecule has 2 atom stereocenters.